The van der Waals surface area contributed by atoms with Gasteiger partial charge in [-0.05, 0) is 126 Å². The van der Waals surface area contributed by atoms with Crippen molar-refractivity contribution < 1.29 is 25.2 Å². The number of fused-ring (bicyclic) bond motifs is 2. The standard InChI is InChI=1S/C30H52O5/c1-26(2)20(19(18-31)8-9-22-21(26)12-16-29(22,6)33)10-11-23-28(5)15-13-24(32)27(3,4)35-25(28)14-17-30(23,7)34/h8,20-25,31-34H,9-18H2,1-7H3/t20-,21-,22-,23-,24-,25-,28-,29-,30+/m1/s1. The molecule has 4 aliphatic rings. The summed E-state index contributed by atoms with van der Waals surface area (Å²) in [6, 6.07) is 0. The topological polar surface area (TPSA) is 90.2 Å². The zero-order valence-electron chi connectivity index (χ0n) is 23.3. The molecule has 1 aliphatic heterocycles. The number of ether oxygens (including phenoxy) is 1. The summed E-state index contributed by atoms with van der Waals surface area (Å²) >= 11 is 0. The quantitative estimate of drug-likeness (QED) is 0.415. The second kappa shape index (κ2) is 9.08. The lowest BCUT2D eigenvalue weighted by Crippen LogP contribution is -2.56. The highest BCUT2D eigenvalue weighted by atomic mass is 16.5. The average molecular weight is 493 g/mol. The highest BCUT2D eigenvalue weighted by Gasteiger charge is 2.58. The minimum absolute atomic E-state index is 0.0178. The van der Waals surface area contributed by atoms with Crippen LogP contribution in [0.3, 0.4) is 0 Å². The van der Waals surface area contributed by atoms with Gasteiger partial charge >= 0.3 is 0 Å². The van der Waals surface area contributed by atoms with Crippen LogP contribution in [0.5, 0.6) is 0 Å². The van der Waals surface area contributed by atoms with Gasteiger partial charge in [-0.15, -0.1) is 0 Å². The van der Waals surface area contributed by atoms with E-state index in [0.717, 1.165) is 50.5 Å². The van der Waals surface area contributed by atoms with Gasteiger partial charge in [0.05, 0.1) is 35.6 Å². The molecule has 3 fully saturated rings. The van der Waals surface area contributed by atoms with Crippen LogP contribution in [0.4, 0.5) is 0 Å². The van der Waals surface area contributed by atoms with Gasteiger partial charge in [-0.25, -0.2) is 0 Å². The Labute approximate surface area is 213 Å². The summed E-state index contributed by atoms with van der Waals surface area (Å²) in [5.74, 6) is 0.902. The van der Waals surface area contributed by atoms with Crippen LogP contribution in [0.25, 0.3) is 0 Å². The third-order valence-electron chi connectivity index (χ3n) is 11.5. The SMILES string of the molecule is CC1(C)O[C@@H]2CC[C@](C)(O)[C@H](CC[C@@H]3C(CO)=CC[C@@H]4[C@@H](CC[C@@]4(C)O)C3(C)C)[C@@]2(C)CC[C@H]1O. The zero-order chi connectivity index (χ0) is 26.0. The molecule has 2 saturated carbocycles. The van der Waals surface area contributed by atoms with Crippen molar-refractivity contribution in [3.8, 4) is 0 Å². The Morgan fingerprint density at radius 1 is 0.857 bits per heavy atom. The summed E-state index contributed by atoms with van der Waals surface area (Å²) in [5.41, 5.74) is -1.17. The molecular weight excluding hydrogens is 440 g/mol. The minimum atomic E-state index is -0.786. The number of aliphatic hydroxyl groups excluding tert-OH is 2. The molecular formula is C30H52O5. The van der Waals surface area contributed by atoms with Crippen molar-refractivity contribution in [3.63, 3.8) is 0 Å². The van der Waals surface area contributed by atoms with Crippen molar-refractivity contribution >= 4 is 0 Å². The van der Waals surface area contributed by atoms with Gasteiger partial charge in [0, 0.05) is 0 Å². The highest BCUT2D eigenvalue weighted by molar-refractivity contribution is 5.19. The molecule has 5 nitrogen and oxygen atoms in total. The zero-order valence-corrected chi connectivity index (χ0v) is 23.3. The van der Waals surface area contributed by atoms with E-state index in [1.54, 1.807) is 0 Å². The smallest absolute Gasteiger partial charge is 0.0888 e. The Morgan fingerprint density at radius 3 is 2.17 bits per heavy atom. The molecule has 1 heterocycles. The Balaban J connectivity index is 1.62. The normalized spacial score (nSPS) is 49.4. The van der Waals surface area contributed by atoms with E-state index < -0.39 is 22.9 Å². The third kappa shape index (κ3) is 4.67. The van der Waals surface area contributed by atoms with Gasteiger partial charge in [0.1, 0.15) is 0 Å². The van der Waals surface area contributed by atoms with Crippen molar-refractivity contribution in [3.05, 3.63) is 11.6 Å². The van der Waals surface area contributed by atoms with Crippen LogP contribution in [0.1, 0.15) is 106 Å². The molecule has 0 aromatic rings. The third-order valence-corrected chi connectivity index (χ3v) is 11.5. The minimum Gasteiger partial charge on any atom is -0.392 e. The van der Waals surface area contributed by atoms with Gasteiger partial charge in [0.25, 0.3) is 0 Å². The van der Waals surface area contributed by atoms with Crippen LogP contribution < -0.4 is 0 Å². The van der Waals surface area contributed by atoms with E-state index in [2.05, 4.69) is 26.8 Å². The van der Waals surface area contributed by atoms with E-state index in [-0.39, 0.29) is 41.3 Å². The molecule has 3 aliphatic carbocycles. The summed E-state index contributed by atoms with van der Waals surface area (Å²) in [6.45, 7) is 15.0. The van der Waals surface area contributed by atoms with Gasteiger partial charge in [0.15, 0.2) is 0 Å². The second-order valence-electron chi connectivity index (χ2n) is 14.5. The summed E-state index contributed by atoms with van der Waals surface area (Å²) < 4.78 is 6.58. The number of rotatable bonds is 4. The van der Waals surface area contributed by atoms with Crippen LogP contribution in [-0.2, 0) is 4.74 Å². The second-order valence-corrected chi connectivity index (χ2v) is 14.5. The number of allylic oxidation sites excluding steroid dienone is 1. The van der Waals surface area contributed by atoms with Crippen LogP contribution in [-0.4, -0.2) is 56.0 Å². The fourth-order valence-corrected chi connectivity index (χ4v) is 9.07. The van der Waals surface area contributed by atoms with Crippen molar-refractivity contribution in [2.75, 3.05) is 6.61 Å². The summed E-state index contributed by atoms with van der Waals surface area (Å²) in [4.78, 5) is 0. The molecule has 4 rings (SSSR count). The molecule has 0 unspecified atom stereocenters. The molecule has 1 saturated heterocycles. The number of hydrogen-bond donors (Lipinski definition) is 4. The molecule has 0 aromatic heterocycles. The van der Waals surface area contributed by atoms with Crippen LogP contribution in [0.2, 0.25) is 0 Å². The molecule has 5 heteroatoms. The van der Waals surface area contributed by atoms with Gasteiger partial charge in [-0.3, -0.25) is 0 Å². The monoisotopic (exact) mass is 492 g/mol. The molecule has 35 heavy (non-hydrogen) atoms. The van der Waals surface area contributed by atoms with E-state index in [0.29, 0.717) is 18.8 Å². The Hall–Kier alpha value is -0.460. The van der Waals surface area contributed by atoms with E-state index in [1.165, 1.54) is 0 Å². The first-order valence-corrected chi connectivity index (χ1v) is 14.2. The molecule has 4 N–H and O–H groups in total. The van der Waals surface area contributed by atoms with Crippen molar-refractivity contribution in [1.29, 1.82) is 0 Å². The molecule has 9 atom stereocenters. The number of hydrogen-bond acceptors (Lipinski definition) is 5. The van der Waals surface area contributed by atoms with Crippen LogP contribution in [0, 0.1) is 34.5 Å². The first kappa shape index (κ1) is 27.6. The fourth-order valence-electron chi connectivity index (χ4n) is 9.07. The Morgan fingerprint density at radius 2 is 1.51 bits per heavy atom. The van der Waals surface area contributed by atoms with Gasteiger partial charge in [0.2, 0.25) is 0 Å². The summed E-state index contributed by atoms with van der Waals surface area (Å²) in [5, 5.41) is 43.9. The van der Waals surface area contributed by atoms with E-state index in [9.17, 15) is 20.4 Å². The summed E-state index contributed by atoms with van der Waals surface area (Å²) in [6.07, 6.45) is 9.22. The predicted molar refractivity (Wildman–Crippen MR) is 139 cm³/mol. The van der Waals surface area contributed by atoms with E-state index >= 15 is 0 Å². The predicted octanol–water partition coefficient (Wildman–Crippen LogP) is 4.99. The van der Waals surface area contributed by atoms with E-state index in [4.69, 9.17) is 4.74 Å². The molecule has 0 bridgehead atoms. The van der Waals surface area contributed by atoms with Crippen molar-refractivity contribution in [2.24, 2.45) is 34.5 Å². The van der Waals surface area contributed by atoms with Crippen LogP contribution in [0.15, 0.2) is 11.6 Å². The first-order valence-electron chi connectivity index (χ1n) is 14.2. The average Bonchev–Trinajstić information content (AvgIpc) is 2.96. The van der Waals surface area contributed by atoms with Crippen LogP contribution >= 0.6 is 0 Å². The van der Waals surface area contributed by atoms with Crippen molar-refractivity contribution in [2.45, 2.75) is 135 Å². The molecule has 0 spiro atoms. The molecule has 0 amide bonds. The maximum absolute atomic E-state index is 11.7. The van der Waals surface area contributed by atoms with Crippen molar-refractivity contribution in [1.82, 2.24) is 0 Å². The van der Waals surface area contributed by atoms with Gasteiger partial charge in [-0.1, -0.05) is 26.8 Å². The number of aliphatic hydroxyl groups is 4. The highest BCUT2D eigenvalue weighted by Crippen LogP contribution is 2.59. The lowest BCUT2D eigenvalue weighted by molar-refractivity contribution is -0.206. The lowest BCUT2D eigenvalue weighted by Gasteiger charge is -2.54. The Kier molecular flexibility index (Phi) is 7.15. The fraction of sp³-hybridized carbons (Fsp3) is 0.933. The molecule has 0 aromatic carbocycles. The van der Waals surface area contributed by atoms with E-state index in [1.807, 2.05) is 27.7 Å². The van der Waals surface area contributed by atoms with Gasteiger partial charge < -0.3 is 25.2 Å². The Bertz CT molecular complexity index is 812. The maximum Gasteiger partial charge on any atom is 0.0888 e. The first-order chi connectivity index (χ1) is 16.1. The lowest BCUT2D eigenvalue weighted by atomic mass is 9.55. The summed E-state index contributed by atoms with van der Waals surface area (Å²) in [7, 11) is 0. The van der Waals surface area contributed by atoms with Gasteiger partial charge in [-0.2, -0.15) is 0 Å². The molecule has 0 radical (unpaired) electrons. The maximum atomic E-state index is 11.7. The largest absolute Gasteiger partial charge is 0.392 e. The molecule has 202 valence electrons.